The van der Waals surface area contributed by atoms with Crippen molar-refractivity contribution in [1.29, 1.82) is 0 Å². The van der Waals surface area contributed by atoms with Gasteiger partial charge in [0.05, 0.1) is 0 Å². The standard InChI is InChI=1S/C10H13NOS/c1-2-3-7-10(12)13-9-6-4-5-8-11-9/h4-6,8H,2-3,7H2,1H3. The maximum atomic E-state index is 11.3. The van der Waals surface area contributed by atoms with Crippen LogP contribution in [0.2, 0.25) is 0 Å². The summed E-state index contributed by atoms with van der Waals surface area (Å²) >= 11 is 1.23. The predicted octanol–water partition coefficient (Wildman–Crippen LogP) is 2.89. The van der Waals surface area contributed by atoms with E-state index in [9.17, 15) is 4.79 Å². The van der Waals surface area contributed by atoms with Crippen molar-refractivity contribution in [2.45, 2.75) is 31.2 Å². The molecule has 0 N–H and O–H groups in total. The fourth-order valence-electron chi connectivity index (χ4n) is 0.896. The van der Waals surface area contributed by atoms with Crippen molar-refractivity contribution in [3.8, 4) is 0 Å². The van der Waals surface area contributed by atoms with Crippen molar-refractivity contribution in [3.63, 3.8) is 0 Å². The van der Waals surface area contributed by atoms with Crippen LogP contribution in [0.25, 0.3) is 0 Å². The lowest BCUT2D eigenvalue weighted by molar-refractivity contribution is -0.111. The monoisotopic (exact) mass is 195 g/mol. The van der Waals surface area contributed by atoms with Crippen molar-refractivity contribution in [3.05, 3.63) is 24.4 Å². The molecule has 13 heavy (non-hydrogen) atoms. The molecule has 0 amide bonds. The number of pyridine rings is 1. The highest BCUT2D eigenvalue weighted by Gasteiger charge is 2.03. The zero-order valence-corrected chi connectivity index (χ0v) is 8.51. The Hall–Kier alpha value is -0.830. The number of unbranched alkanes of at least 4 members (excludes halogenated alkanes) is 1. The number of nitrogens with zero attached hydrogens (tertiary/aromatic N) is 1. The van der Waals surface area contributed by atoms with Crippen LogP contribution in [0, 0.1) is 0 Å². The Morgan fingerprint density at radius 3 is 3.00 bits per heavy atom. The van der Waals surface area contributed by atoms with Crippen LogP contribution in [0.3, 0.4) is 0 Å². The van der Waals surface area contributed by atoms with Crippen molar-refractivity contribution in [2.24, 2.45) is 0 Å². The molecule has 0 aromatic carbocycles. The van der Waals surface area contributed by atoms with E-state index in [-0.39, 0.29) is 5.12 Å². The second kappa shape index (κ2) is 5.75. The Kier molecular flexibility index (Phi) is 4.54. The summed E-state index contributed by atoms with van der Waals surface area (Å²) in [6.45, 7) is 2.08. The zero-order chi connectivity index (χ0) is 9.52. The van der Waals surface area contributed by atoms with Gasteiger partial charge in [0, 0.05) is 12.6 Å². The smallest absolute Gasteiger partial charge is 0.195 e. The van der Waals surface area contributed by atoms with Gasteiger partial charge in [0.1, 0.15) is 5.03 Å². The summed E-state index contributed by atoms with van der Waals surface area (Å²) in [6, 6.07) is 5.59. The maximum Gasteiger partial charge on any atom is 0.195 e. The first-order valence-electron chi connectivity index (χ1n) is 4.44. The number of thioether (sulfide) groups is 1. The van der Waals surface area contributed by atoms with Gasteiger partial charge in [0.2, 0.25) is 0 Å². The minimum Gasteiger partial charge on any atom is -0.287 e. The molecule has 1 heterocycles. The molecule has 0 aliphatic heterocycles. The van der Waals surface area contributed by atoms with Crippen LogP contribution < -0.4 is 0 Å². The minimum atomic E-state index is 0.209. The molecule has 0 saturated carbocycles. The SMILES string of the molecule is CCCCC(=O)Sc1ccccn1. The highest BCUT2D eigenvalue weighted by Crippen LogP contribution is 2.17. The van der Waals surface area contributed by atoms with Gasteiger partial charge in [-0.25, -0.2) is 4.98 Å². The van der Waals surface area contributed by atoms with E-state index in [1.165, 1.54) is 11.8 Å². The van der Waals surface area contributed by atoms with Gasteiger partial charge < -0.3 is 0 Å². The molecule has 1 aromatic heterocycles. The highest BCUT2D eigenvalue weighted by molar-refractivity contribution is 8.13. The van der Waals surface area contributed by atoms with Gasteiger partial charge >= 0.3 is 0 Å². The molecule has 0 radical (unpaired) electrons. The van der Waals surface area contributed by atoms with Crippen LogP contribution in [-0.2, 0) is 4.79 Å². The van der Waals surface area contributed by atoms with Crippen LogP contribution in [0.4, 0.5) is 0 Å². The molecule has 0 bridgehead atoms. The van der Waals surface area contributed by atoms with Crippen LogP contribution in [0.15, 0.2) is 29.4 Å². The van der Waals surface area contributed by atoms with Crippen molar-refractivity contribution in [2.75, 3.05) is 0 Å². The average Bonchev–Trinajstić information content (AvgIpc) is 2.16. The van der Waals surface area contributed by atoms with E-state index < -0.39 is 0 Å². The van der Waals surface area contributed by atoms with E-state index in [0.717, 1.165) is 17.9 Å². The topological polar surface area (TPSA) is 30.0 Å². The number of rotatable bonds is 4. The Morgan fingerprint density at radius 2 is 2.38 bits per heavy atom. The molecule has 3 heteroatoms. The van der Waals surface area contributed by atoms with Crippen molar-refractivity contribution >= 4 is 16.9 Å². The molecule has 0 saturated heterocycles. The predicted molar refractivity (Wildman–Crippen MR) is 54.6 cm³/mol. The Balaban J connectivity index is 2.37. The van der Waals surface area contributed by atoms with E-state index in [4.69, 9.17) is 0 Å². The number of carbonyl (C=O) groups excluding carboxylic acids is 1. The van der Waals surface area contributed by atoms with Crippen LogP contribution in [0.1, 0.15) is 26.2 Å². The largest absolute Gasteiger partial charge is 0.287 e. The molecule has 0 unspecified atom stereocenters. The summed E-state index contributed by atoms with van der Waals surface area (Å²) in [5.74, 6) is 0. The van der Waals surface area contributed by atoms with Gasteiger partial charge in [0.15, 0.2) is 5.12 Å². The third-order valence-corrected chi connectivity index (χ3v) is 2.47. The van der Waals surface area contributed by atoms with Gasteiger partial charge in [-0.1, -0.05) is 19.4 Å². The number of aromatic nitrogens is 1. The lowest BCUT2D eigenvalue weighted by atomic mass is 10.3. The average molecular weight is 195 g/mol. The first kappa shape index (κ1) is 10.3. The third kappa shape index (κ3) is 4.08. The van der Waals surface area contributed by atoms with E-state index in [1.54, 1.807) is 6.20 Å². The van der Waals surface area contributed by atoms with E-state index >= 15 is 0 Å². The van der Waals surface area contributed by atoms with Crippen LogP contribution in [-0.4, -0.2) is 10.1 Å². The fourth-order valence-corrected chi connectivity index (χ4v) is 1.64. The van der Waals surface area contributed by atoms with E-state index in [1.807, 2.05) is 18.2 Å². The fraction of sp³-hybridized carbons (Fsp3) is 0.400. The summed E-state index contributed by atoms with van der Waals surface area (Å²) in [4.78, 5) is 15.4. The summed E-state index contributed by atoms with van der Waals surface area (Å²) in [5, 5.41) is 1.00. The number of carbonyl (C=O) groups is 1. The first-order chi connectivity index (χ1) is 6.33. The molecule has 0 aliphatic carbocycles. The maximum absolute atomic E-state index is 11.3. The van der Waals surface area contributed by atoms with Crippen molar-refractivity contribution < 1.29 is 4.79 Å². The second-order valence-electron chi connectivity index (χ2n) is 2.75. The molecule has 0 spiro atoms. The lowest BCUT2D eigenvalue weighted by Gasteiger charge is -1.97. The molecule has 2 nitrogen and oxygen atoms in total. The van der Waals surface area contributed by atoms with Gasteiger partial charge in [-0.3, -0.25) is 4.79 Å². The van der Waals surface area contributed by atoms with Crippen LogP contribution >= 0.6 is 11.8 Å². The third-order valence-electron chi connectivity index (χ3n) is 1.59. The zero-order valence-electron chi connectivity index (χ0n) is 7.69. The molecule has 0 atom stereocenters. The highest BCUT2D eigenvalue weighted by atomic mass is 32.2. The second-order valence-corrected chi connectivity index (χ2v) is 3.82. The molecule has 1 rings (SSSR count). The summed E-state index contributed by atoms with van der Waals surface area (Å²) < 4.78 is 0. The normalized spacial score (nSPS) is 9.92. The summed E-state index contributed by atoms with van der Waals surface area (Å²) in [7, 11) is 0. The Bertz CT molecular complexity index is 261. The first-order valence-corrected chi connectivity index (χ1v) is 5.26. The molecule has 1 aromatic rings. The molecular weight excluding hydrogens is 182 g/mol. The van der Waals surface area contributed by atoms with Gasteiger partial charge in [-0.05, 0) is 30.3 Å². The summed E-state index contributed by atoms with van der Waals surface area (Å²) in [5.41, 5.74) is 0. The van der Waals surface area contributed by atoms with Crippen LogP contribution in [0.5, 0.6) is 0 Å². The van der Waals surface area contributed by atoms with Gasteiger partial charge in [-0.15, -0.1) is 0 Å². The summed E-state index contributed by atoms with van der Waals surface area (Å²) in [6.07, 6.45) is 4.39. The van der Waals surface area contributed by atoms with Gasteiger partial charge in [0.25, 0.3) is 0 Å². The van der Waals surface area contributed by atoms with E-state index in [0.29, 0.717) is 6.42 Å². The van der Waals surface area contributed by atoms with E-state index in [2.05, 4.69) is 11.9 Å². The lowest BCUT2D eigenvalue weighted by Crippen LogP contribution is -1.91. The van der Waals surface area contributed by atoms with Gasteiger partial charge in [-0.2, -0.15) is 0 Å². The number of hydrogen-bond acceptors (Lipinski definition) is 3. The Labute approximate surface area is 82.8 Å². The molecular formula is C10H13NOS. The quantitative estimate of drug-likeness (QED) is 0.692. The molecule has 0 aliphatic rings. The van der Waals surface area contributed by atoms with Crippen molar-refractivity contribution in [1.82, 2.24) is 4.98 Å². The minimum absolute atomic E-state index is 0.209. The Morgan fingerprint density at radius 1 is 1.54 bits per heavy atom. The number of hydrogen-bond donors (Lipinski definition) is 0. The molecule has 0 fully saturated rings. The molecule has 70 valence electrons.